The number of hydrogen-bond donors (Lipinski definition) is 2. The summed E-state index contributed by atoms with van der Waals surface area (Å²) in [7, 11) is 0. The van der Waals surface area contributed by atoms with E-state index in [2.05, 4.69) is 5.32 Å². The zero-order valence-electron chi connectivity index (χ0n) is 10.0. The number of nitrogens with one attached hydrogen (secondary N) is 1. The number of nitrogens with zero attached hydrogens (tertiary/aromatic N) is 1. The van der Waals surface area contributed by atoms with Crippen LogP contribution in [0.15, 0.2) is 0 Å². The molecule has 0 radical (unpaired) electrons. The van der Waals surface area contributed by atoms with Crippen molar-refractivity contribution < 1.29 is 9.90 Å². The average Bonchev–Trinajstić information content (AvgIpc) is 2.26. The standard InChI is InChI=1S/C12H22N2O2/c1-2-12(16)8-14(9-12)11(15)13-10-6-4-3-5-7-10/h10,16H,2-9H2,1H3,(H,13,15). The van der Waals surface area contributed by atoms with E-state index in [0.717, 1.165) is 19.3 Å². The first-order valence-electron chi connectivity index (χ1n) is 6.41. The highest BCUT2D eigenvalue weighted by atomic mass is 16.3. The largest absolute Gasteiger partial charge is 0.386 e. The molecular formula is C12H22N2O2. The molecule has 1 saturated heterocycles. The third-order valence-corrected chi connectivity index (χ3v) is 3.85. The number of carbonyl (C=O) groups excluding carboxylic acids is 1. The van der Waals surface area contributed by atoms with E-state index in [0.29, 0.717) is 19.1 Å². The van der Waals surface area contributed by atoms with Crippen molar-refractivity contribution in [2.75, 3.05) is 13.1 Å². The second-order valence-electron chi connectivity index (χ2n) is 5.22. The molecule has 2 aliphatic rings. The highest BCUT2D eigenvalue weighted by Gasteiger charge is 2.42. The van der Waals surface area contributed by atoms with Gasteiger partial charge in [-0.3, -0.25) is 0 Å². The Hall–Kier alpha value is -0.770. The Labute approximate surface area is 97.0 Å². The number of rotatable bonds is 2. The normalized spacial score (nSPS) is 25.0. The van der Waals surface area contributed by atoms with E-state index in [1.807, 2.05) is 6.92 Å². The van der Waals surface area contributed by atoms with Crippen LogP contribution in [0.1, 0.15) is 45.4 Å². The molecular weight excluding hydrogens is 204 g/mol. The molecule has 2 rings (SSSR count). The molecule has 1 aliphatic heterocycles. The molecule has 0 aromatic rings. The summed E-state index contributed by atoms with van der Waals surface area (Å²) < 4.78 is 0. The van der Waals surface area contributed by atoms with Gasteiger partial charge in [0.05, 0.1) is 18.7 Å². The SMILES string of the molecule is CCC1(O)CN(C(=O)NC2CCCCC2)C1. The molecule has 2 N–H and O–H groups in total. The first kappa shape index (κ1) is 11.7. The lowest BCUT2D eigenvalue weighted by Crippen LogP contribution is -2.65. The van der Waals surface area contributed by atoms with Crippen molar-refractivity contribution >= 4 is 6.03 Å². The summed E-state index contributed by atoms with van der Waals surface area (Å²) in [6.45, 7) is 2.93. The highest BCUT2D eigenvalue weighted by molar-refractivity contribution is 5.75. The van der Waals surface area contributed by atoms with Crippen molar-refractivity contribution in [2.24, 2.45) is 0 Å². The van der Waals surface area contributed by atoms with Crippen LogP contribution in [0.25, 0.3) is 0 Å². The predicted octanol–water partition coefficient (Wildman–Crippen LogP) is 1.49. The van der Waals surface area contributed by atoms with Crippen LogP contribution in [0.4, 0.5) is 4.79 Å². The fraction of sp³-hybridized carbons (Fsp3) is 0.917. The van der Waals surface area contributed by atoms with Gasteiger partial charge in [0.25, 0.3) is 0 Å². The Kier molecular flexibility index (Phi) is 3.38. The van der Waals surface area contributed by atoms with Gasteiger partial charge in [-0.1, -0.05) is 26.2 Å². The molecule has 1 heterocycles. The summed E-state index contributed by atoms with van der Waals surface area (Å²) in [5.74, 6) is 0. The van der Waals surface area contributed by atoms with Gasteiger partial charge in [0.15, 0.2) is 0 Å². The minimum Gasteiger partial charge on any atom is -0.386 e. The first-order valence-corrected chi connectivity index (χ1v) is 6.41. The number of amides is 2. The fourth-order valence-corrected chi connectivity index (χ4v) is 2.54. The number of aliphatic hydroxyl groups is 1. The maximum Gasteiger partial charge on any atom is 0.317 e. The van der Waals surface area contributed by atoms with Crippen molar-refractivity contribution in [2.45, 2.75) is 57.1 Å². The number of likely N-dealkylation sites (tertiary alicyclic amines) is 1. The van der Waals surface area contributed by atoms with Gasteiger partial charge in [0.2, 0.25) is 0 Å². The van der Waals surface area contributed by atoms with Crippen molar-refractivity contribution in [3.63, 3.8) is 0 Å². The first-order chi connectivity index (χ1) is 7.63. The minimum atomic E-state index is -0.621. The zero-order chi connectivity index (χ0) is 11.6. The third-order valence-electron chi connectivity index (χ3n) is 3.85. The van der Waals surface area contributed by atoms with E-state index in [-0.39, 0.29) is 6.03 Å². The van der Waals surface area contributed by atoms with Gasteiger partial charge in [-0.05, 0) is 19.3 Å². The Balaban J connectivity index is 1.73. The Morgan fingerprint density at radius 1 is 1.38 bits per heavy atom. The second kappa shape index (κ2) is 4.62. The molecule has 4 heteroatoms. The molecule has 0 bridgehead atoms. The smallest absolute Gasteiger partial charge is 0.317 e. The lowest BCUT2D eigenvalue weighted by molar-refractivity contribution is -0.0782. The van der Waals surface area contributed by atoms with E-state index in [1.54, 1.807) is 4.90 Å². The maximum atomic E-state index is 11.8. The van der Waals surface area contributed by atoms with Crippen LogP contribution in [0.3, 0.4) is 0 Å². The molecule has 0 spiro atoms. The van der Waals surface area contributed by atoms with Gasteiger partial charge in [-0.25, -0.2) is 4.79 Å². The van der Waals surface area contributed by atoms with Gasteiger partial charge in [0.1, 0.15) is 0 Å². The summed E-state index contributed by atoms with van der Waals surface area (Å²) in [4.78, 5) is 13.5. The highest BCUT2D eigenvalue weighted by Crippen LogP contribution is 2.24. The van der Waals surface area contributed by atoms with E-state index in [9.17, 15) is 9.90 Å². The lowest BCUT2D eigenvalue weighted by atomic mass is 9.91. The molecule has 2 amide bonds. The van der Waals surface area contributed by atoms with Gasteiger partial charge in [-0.15, -0.1) is 0 Å². The zero-order valence-corrected chi connectivity index (χ0v) is 10.0. The van der Waals surface area contributed by atoms with Gasteiger partial charge in [0, 0.05) is 6.04 Å². The molecule has 2 fully saturated rings. The molecule has 0 unspecified atom stereocenters. The van der Waals surface area contributed by atoms with Crippen LogP contribution in [0.5, 0.6) is 0 Å². The van der Waals surface area contributed by atoms with Crippen LogP contribution >= 0.6 is 0 Å². The van der Waals surface area contributed by atoms with Crippen LogP contribution in [0.2, 0.25) is 0 Å². The molecule has 1 saturated carbocycles. The molecule has 4 nitrogen and oxygen atoms in total. The average molecular weight is 226 g/mol. The summed E-state index contributed by atoms with van der Waals surface area (Å²) in [6, 6.07) is 0.363. The molecule has 0 aromatic heterocycles. The summed E-state index contributed by atoms with van der Waals surface area (Å²) >= 11 is 0. The molecule has 1 aliphatic carbocycles. The predicted molar refractivity (Wildman–Crippen MR) is 62.2 cm³/mol. The lowest BCUT2D eigenvalue weighted by Gasteiger charge is -2.46. The number of hydrogen-bond acceptors (Lipinski definition) is 2. The summed E-state index contributed by atoms with van der Waals surface area (Å²) in [5, 5.41) is 12.9. The number of urea groups is 1. The third kappa shape index (κ3) is 2.48. The van der Waals surface area contributed by atoms with E-state index in [1.165, 1.54) is 19.3 Å². The quantitative estimate of drug-likeness (QED) is 0.749. The van der Waals surface area contributed by atoms with E-state index < -0.39 is 5.60 Å². The molecule has 0 atom stereocenters. The molecule has 92 valence electrons. The van der Waals surface area contributed by atoms with Gasteiger partial charge >= 0.3 is 6.03 Å². The van der Waals surface area contributed by atoms with Gasteiger partial charge in [-0.2, -0.15) is 0 Å². The Morgan fingerprint density at radius 3 is 2.56 bits per heavy atom. The van der Waals surface area contributed by atoms with Crippen molar-refractivity contribution in [1.29, 1.82) is 0 Å². The summed E-state index contributed by atoms with van der Waals surface area (Å²) in [6.07, 6.45) is 6.69. The number of β-amino-alcohol motifs (C(OH)–C–C–N with tert-alkyl or cyclic N) is 1. The molecule has 16 heavy (non-hydrogen) atoms. The minimum absolute atomic E-state index is 0.00465. The maximum absolute atomic E-state index is 11.8. The van der Waals surface area contributed by atoms with Crippen LogP contribution in [-0.2, 0) is 0 Å². The monoisotopic (exact) mass is 226 g/mol. The van der Waals surface area contributed by atoms with Crippen LogP contribution < -0.4 is 5.32 Å². The van der Waals surface area contributed by atoms with E-state index >= 15 is 0 Å². The van der Waals surface area contributed by atoms with E-state index in [4.69, 9.17) is 0 Å². The van der Waals surface area contributed by atoms with Crippen molar-refractivity contribution in [3.8, 4) is 0 Å². The van der Waals surface area contributed by atoms with Crippen molar-refractivity contribution in [3.05, 3.63) is 0 Å². The molecule has 0 aromatic carbocycles. The van der Waals surface area contributed by atoms with Crippen LogP contribution in [0, 0.1) is 0 Å². The van der Waals surface area contributed by atoms with Crippen LogP contribution in [-0.4, -0.2) is 40.8 Å². The Bertz CT molecular complexity index is 256. The van der Waals surface area contributed by atoms with Gasteiger partial charge < -0.3 is 15.3 Å². The fourth-order valence-electron chi connectivity index (χ4n) is 2.54. The van der Waals surface area contributed by atoms with Crippen molar-refractivity contribution in [1.82, 2.24) is 10.2 Å². The number of carbonyl (C=O) groups is 1. The second-order valence-corrected chi connectivity index (χ2v) is 5.22. The Morgan fingerprint density at radius 2 is 2.00 bits per heavy atom. The summed E-state index contributed by atoms with van der Waals surface area (Å²) in [5.41, 5.74) is -0.621. The topological polar surface area (TPSA) is 52.6 Å².